The van der Waals surface area contributed by atoms with Gasteiger partial charge in [-0.2, -0.15) is 13.2 Å². The number of carboxylic acid groups (broad SMARTS) is 2. The van der Waals surface area contributed by atoms with Crippen molar-refractivity contribution >= 4 is 23.6 Å². The van der Waals surface area contributed by atoms with Gasteiger partial charge < -0.3 is 20.8 Å². The number of halogens is 4. The fourth-order valence-corrected chi connectivity index (χ4v) is 6.51. The maximum absolute atomic E-state index is 13.2. The SMILES string of the molecule is O=C(O)C(F)(F)F.O=C(O)c1ccc(NC(=NCc2ccc(F)cc2)NCC23CC4CC(CC(C4)C2)C3)cc1. The van der Waals surface area contributed by atoms with Crippen LogP contribution in [0.25, 0.3) is 0 Å². The molecular formula is C28H31F4N3O4. The Bertz CT molecular complexity index is 1160. The zero-order valence-electron chi connectivity index (χ0n) is 21.2. The van der Waals surface area contributed by atoms with E-state index in [9.17, 15) is 22.4 Å². The number of nitrogens with one attached hydrogen (secondary N) is 2. The Morgan fingerprint density at radius 2 is 1.41 bits per heavy atom. The summed E-state index contributed by atoms with van der Waals surface area (Å²) in [6.45, 7) is 1.34. The second-order valence-corrected chi connectivity index (χ2v) is 10.9. The molecule has 4 bridgehead atoms. The number of aliphatic carboxylic acids is 1. The van der Waals surface area contributed by atoms with Crippen LogP contribution in [0.15, 0.2) is 53.5 Å². The first-order valence-corrected chi connectivity index (χ1v) is 12.8. The summed E-state index contributed by atoms with van der Waals surface area (Å²) >= 11 is 0. The van der Waals surface area contributed by atoms with E-state index in [1.165, 1.54) is 50.7 Å². The molecule has 2 aromatic rings. The predicted octanol–water partition coefficient (Wildman–Crippen LogP) is 5.93. The summed E-state index contributed by atoms with van der Waals surface area (Å²) in [6, 6.07) is 13.1. The first kappa shape index (κ1) is 28.4. The van der Waals surface area contributed by atoms with Crippen molar-refractivity contribution in [1.29, 1.82) is 0 Å². The van der Waals surface area contributed by atoms with Crippen molar-refractivity contribution in [1.82, 2.24) is 5.32 Å². The molecule has 6 rings (SSSR count). The zero-order chi connectivity index (χ0) is 28.2. The van der Waals surface area contributed by atoms with Crippen LogP contribution in [0.2, 0.25) is 0 Å². The minimum Gasteiger partial charge on any atom is -0.478 e. The largest absolute Gasteiger partial charge is 0.490 e. The molecule has 4 aliphatic rings. The second-order valence-electron chi connectivity index (χ2n) is 10.9. The summed E-state index contributed by atoms with van der Waals surface area (Å²) in [4.78, 5) is 24.8. The number of hydrogen-bond acceptors (Lipinski definition) is 3. The fraction of sp³-hybridized carbons (Fsp3) is 0.464. The highest BCUT2D eigenvalue weighted by Gasteiger charge is 2.50. The van der Waals surface area contributed by atoms with Crippen LogP contribution in [0.5, 0.6) is 0 Å². The van der Waals surface area contributed by atoms with Crippen molar-refractivity contribution in [2.24, 2.45) is 28.2 Å². The third-order valence-corrected chi connectivity index (χ3v) is 7.77. The number of anilines is 1. The van der Waals surface area contributed by atoms with E-state index in [2.05, 4.69) is 10.6 Å². The number of carboxylic acids is 2. The van der Waals surface area contributed by atoms with E-state index < -0.39 is 18.1 Å². The van der Waals surface area contributed by atoms with Gasteiger partial charge in [-0.05, 0) is 104 Å². The Kier molecular flexibility index (Phi) is 8.46. The van der Waals surface area contributed by atoms with E-state index in [0.29, 0.717) is 17.9 Å². The quantitative estimate of drug-likeness (QED) is 0.202. The molecule has 39 heavy (non-hydrogen) atoms. The van der Waals surface area contributed by atoms with Gasteiger partial charge >= 0.3 is 18.1 Å². The number of benzene rings is 2. The highest BCUT2D eigenvalue weighted by atomic mass is 19.4. The predicted molar refractivity (Wildman–Crippen MR) is 137 cm³/mol. The Morgan fingerprint density at radius 1 is 0.897 bits per heavy atom. The smallest absolute Gasteiger partial charge is 0.478 e. The molecule has 11 heteroatoms. The Balaban J connectivity index is 0.000000448. The number of alkyl halides is 3. The molecule has 0 radical (unpaired) electrons. The number of nitrogens with zero attached hydrogens (tertiary/aromatic N) is 1. The molecule has 0 spiro atoms. The summed E-state index contributed by atoms with van der Waals surface area (Å²) in [6.07, 6.45) is 3.09. The fourth-order valence-electron chi connectivity index (χ4n) is 6.51. The Morgan fingerprint density at radius 3 is 1.87 bits per heavy atom. The van der Waals surface area contributed by atoms with E-state index in [-0.39, 0.29) is 11.4 Å². The van der Waals surface area contributed by atoms with E-state index in [1.54, 1.807) is 36.4 Å². The topological polar surface area (TPSA) is 111 Å². The lowest BCUT2D eigenvalue weighted by Crippen LogP contribution is -2.51. The Hall–Kier alpha value is -3.63. The lowest BCUT2D eigenvalue weighted by atomic mass is 9.49. The molecule has 210 valence electrons. The van der Waals surface area contributed by atoms with Gasteiger partial charge in [0.15, 0.2) is 5.96 Å². The van der Waals surface area contributed by atoms with Crippen LogP contribution in [-0.4, -0.2) is 40.8 Å². The van der Waals surface area contributed by atoms with Crippen molar-refractivity contribution in [3.05, 3.63) is 65.5 Å². The van der Waals surface area contributed by atoms with Crippen LogP contribution >= 0.6 is 0 Å². The van der Waals surface area contributed by atoms with Gasteiger partial charge in [-0.15, -0.1) is 0 Å². The van der Waals surface area contributed by atoms with Gasteiger partial charge in [0, 0.05) is 12.2 Å². The first-order chi connectivity index (χ1) is 18.4. The van der Waals surface area contributed by atoms with Crippen molar-refractivity contribution < 1.29 is 37.4 Å². The maximum atomic E-state index is 13.2. The summed E-state index contributed by atoms with van der Waals surface area (Å²) in [7, 11) is 0. The molecule has 7 nitrogen and oxygen atoms in total. The van der Waals surface area contributed by atoms with E-state index >= 15 is 0 Å². The third kappa shape index (κ3) is 7.70. The molecule has 0 saturated heterocycles. The number of aromatic carboxylic acids is 1. The molecule has 0 atom stereocenters. The van der Waals surface area contributed by atoms with Crippen LogP contribution in [0.3, 0.4) is 0 Å². The Labute approximate surface area is 223 Å². The number of aliphatic imine (C=N–C) groups is 1. The molecule has 0 unspecified atom stereocenters. The molecule has 0 aliphatic heterocycles. The van der Waals surface area contributed by atoms with E-state index in [4.69, 9.17) is 20.0 Å². The van der Waals surface area contributed by atoms with E-state index in [0.717, 1.165) is 35.5 Å². The summed E-state index contributed by atoms with van der Waals surface area (Å²) in [5.41, 5.74) is 2.33. The molecule has 0 aromatic heterocycles. The van der Waals surface area contributed by atoms with Gasteiger partial charge in [0.1, 0.15) is 5.82 Å². The molecule has 4 fully saturated rings. The zero-order valence-corrected chi connectivity index (χ0v) is 21.2. The lowest BCUT2D eigenvalue weighted by molar-refractivity contribution is -0.192. The summed E-state index contributed by atoms with van der Waals surface area (Å²) < 4.78 is 45.0. The summed E-state index contributed by atoms with van der Waals surface area (Å²) in [5.74, 6) is -0.616. The second kappa shape index (κ2) is 11.6. The molecule has 0 amide bonds. The van der Waals surface area contributed by atoms with Crippen LogP contribution < -0.4 is 10.6 Å². The molecule has 0 heterocycles. The van der Waals surface area contributed by atoms with Gasteiger partial charge in [-0.25, -0.2) is 19.0 Å². The van der Waals surface area contributed by atoms with Crippen LogP contribution in [0.4, 0.5) is 23.2 Å². The standard InChI is InChI=1S/C26H30FN3O2.C2HF3O2/c27-22-5-1-17(2-6-22)15-28-25(30-23-7-3-21(4-8-23)24(31)32)29-16-26-12-18-9-19(13-26)11-20(10-18)14-26;3-2(4,5)1(6)7/h1-8,18-20H,9-16H2,(H,31,32)(H2,28,29,30);(H,6,7). The highest BCUT2D eigenvalue weighted by molar-refractivity contribution is 5.94. The third-order valence-electron chi connectivity index (χ3n) is 7.77. The normalized spacial score (nSPS) is 25.4. The monoisotopic (exact) mass is 549 g/mol. The highest BCUT2D eigenvalue weighted by Crippen LogP contribution is 2.59. The first-order valence-electron chi connectivity index (χ1n) is 12.8. The van der Waals surface area contributed by atoms with Gasteiger partial charge in [0.05, 0.1) is 12.1 Å². The molecular weight excluding hydrogens is 518 g/mol. The van der Waals surface area contributed by atoms with Crippen LogP contribution in [-0.2, 0) is 11.3 Å². The van der Waals surface area contributed by atoms with Gasteiger partial charge in [-0.3, -0.25) is 0 Å². The average molecular weight is 550 g/mol. The van der Waals surface area contributed by atoms with Gasteiger partial charge in [0.25, 0.3) is 0 Å². The average Bonchev–Trinajstić information content (AvgIpc) is 2.86. The van der Waals surface area contributed by atoms with Crippen molar-refractivity contribution in [3.8, 4) is 0 Å². The lowest BCUT2D eigenvalue weighted by Gasteiger charge is -2.57. The van der Waals surface area contributed by atoms with Crippen molar-refractivity contribution in [2.45, 2.75) is 51.2 Å². The molecule has 4 aliphatic carbocycles. The molecule has 4 N–H and O–H groups in total. The van der Waals surface area contributed by atoms with Crippen LogP contribution in [0, 0.1) is 29.0 Å². The number of guanidine groups is 1. The van der Waals surface area contributed by atoms with Crippen molar-refractivity contribution in [2.75, 3.05) is 11.9 Å². The number of hydrogen-bond donors (Lipinski definition) is 4. The molecule has 2 aromatic carbocycles. The molecule has 4 saturated carbocycles. The maximum Gasteiger partial charge on any atom is 0.490 e. The van der Waals surface area contributed by atoms with Crippen molar-refractivity contribution in [3.63, 3.8) is 0 Å². The minimum absolute atomic E-state index is 0.252. The number of rotatable bonds is 6. The minimum atomic E-state index is -5.08. The van der Waals surface area contributed by atoms with Crippen LogP contribution in [0.1, 0.15) is 54.4 Å². The number of carbonyl (C=O) groups is 2. The van der Waals surface area contributed by atoms with Gasteiger partial charge in [0.2, 0.25) is 0 Å². The summed E-state index contributed by atoms with van der Waals surface area (Å²) in [5, 5.41) is 23.2. The van der Waals surface area contributed by atoms with E-state index in [1.807, 2.05) is 0 Å². The van der Waals surface area contributed by atoms with Gasteiger partial charge in [-0.1, -0.05) is 12.1 Å².